The topological polar surface area (TPSA) is 93.5 Å². The average Bonchev–Trinajstić information content (AvgIpc) is 3.15. The molecule has 1 aliphatic heterocycles. The number of amides is 2. The van der Waals surface area contributed by atoms with Crippen LogP contribution < -0.4 is 5.32 Å². The molecule has 32 heavy (non-hydrogen) atoms. The van der Waals surface area contributed by atoms with E-state index in [2.05, 4.69) is 24.3 Å². The van der Waals surface area contributed by atoms with Crippen LogP contribution in [0, 0.1) is 12.8 Å². The summed E-state index contributed by atoms with van der Waals surface area (Å²) in [7, 11) is 0. The summed E-state index contributed by atoms with van der Waals surface area (Å²) in [5.74, 6) is -0.722. The number of nitrogens with zero attached hydrogens (tertiary/aromatic N) is 3. The van der Waals surface area contributed by atoms with Gasteiger partial charge in [-0.25, -0.2) is 4.79 Å². The third-order valence-electron chi connectivity index (χ3n) is 5.70. The predicted molar refractivity (Wildman–Crippen MR) is 120 cm³/mol. The quantitative estimate of drug-likeness (QED) is 0.637. The first kappa shape index (κ1) is 23.5. The minimum atomic E-state index is -1.16. The van der Waals surface area contributed by atoms with Gasteiger partial charge in [0.15, 0.2) is 5.69 Å². The highest BCUT2D eigenvalue weighted by atomic mass is 16.5. The summed E-state index contributed by atoms with van der Waals surface area (Å²) in [5, 5.41) is 7.26. The Morgan fingerprint density at radius 2 is 2.03 bits per heavy atom. The monoisotopic (exact) mass is 440 g/mol. The molecule has 2 heterocycles. The second-order valence-corrected chi connectivity index (χ2v) is 8.89. The van der Waals surface area contributed by atoms with Crippen LogP contribution in [0.25, 0.3) is 0 Å². The van der Waals surface area contributed by atoms with Crippen molar-refractivity contribution in [3.05, 3.63) is 52.8 Å². The zero-order valence-corrected chi connectivity index (χ0v) is 19.5. The molecule has 8 heteroatoms. The van der Waals surface area contributed by atoms with Gasteiger partial charge in [0.2, 0.25) is 5.91 Å². The molecule has 8 nitrogen and oxygen atoms in total. The molecule has 0 bridgehead atoms. The summed E-state index contributed by atoms with van der Waals surface area (Å²) in [6.45, 7) is 10.8. The van der Waals surface area contributed by atoms with Crippen LogP contribution in [0.1, 0.15) is 66.2 Å². The maximum absolute atomic E-state index is 13.5. The van der Waals surface area contributed by atoms with Crippen LogP contribution in [0.15, 0.2) is 30.3 Å². The summed E-state index contributed by atoms with van der Waals surface area (Å²) in [4.78, 5) is 40.6. The average molecular weight is 441 g/mol. The normalized spacial score (nSPS) is 17.9. The minimum absolute atomic E-state index is 0.0650. The molecule has 0 spiro atoms. The lowest BCUT2D eigenvalue weighted by atomic mass is 9.93. The lowest BCUT2D eigenvalue weighted by Crippen LogP contribution is -2.63. The van der Waals surface area contributed by atoms with Crippen LogP contribution in [0.2, 0.25) is 0 Å². The maximum atomic E-state index is 13.5. The number of rotatable bonds is 8. The lowest BCUT2D eigenvalue weighted by Gasteiger charge is -2.43. The van der Waals surface area contributed by atoms with Crippen LogP contribution in [0.3, 0.4) is 0 Å². The van der Waals surface area contributed by atoms with Gasteiger partial charge in [-0.05, 0) is 38.7 Å². The van der Waals surface area contributed by atoms with E-state index in [1.54, 1.807) is 18.7 Å². The van der Waals surface area contributed by atoms with Crippen molar-refractivity contribution >= 4 is 17.8 Å². The van der Waals surface area contributed by atoms with E-state index in [0.717, 1.165) is 17.5 Å². The van der Waals surface area contributed by atoms with Crippen molar-refractivity contribution in [2.24, 2.45) is 5.92 Å². The van der Waals surface area contributed by atoms with Crippen LogP contribution in [-0.4, -0.2) is 51.2 Å². The smallest absolute Gasteiger partial charge is 0.358 e. The van der Waals surface area contributed by atoms with Gasteiger partial charge in [-0.2, -0.15) is 5.10 Å². The number of aromatic nitrogens is 2. The fraction of sp³-hybridized carbons (Fsp3) is 0.500. The van der Waals surface area contributed by atoms with E-state index >= 15 is 0 Å². The van der Waals surface area contributed by atoms with E-state index in [4.69, 9.17) is 4.74 Å². The maximum Gasteiger partial charge on any atom is 0.358 e. The number of esters is 1. The first-order valence-electron chi connectivity index (χ1n) is 11.1. The van der Waals surface area contributed by atoms with Crippen molar-refractivity contribution in [2.45, 2.75) is 59.7 Å². The van der Waals surface area contributed by atoms with Crippen molar-refractivity contribution in [2.75, 3.05) is 13.2 Å². The van der Waals surface area contributed by atoms with E-state index in [-0.39, 0.29) is 42.9 Å². The zero-order valence-electron chi connectivity index (χ0n) is 19.5. The highest BCUT2D eigenvalue weighted by Gasteiger charge is 2.48. The van der Waals surface area contributed by atoms with Crippen LogP contribution in [0.4, 0.5) is 0 Å². The van der Waals surface area contributed by atoms with Gasteiger partial charge in [0.05, 0.1) is 13.2 Å². The number of nitrogens with one attached hydrogen (secondary N) is 1. The number of hydrogen-bond donors (Lipinski definition) is 1. The van der Waals surface area contributed by atoms with E-state index in [0.29, 0.717) is 12.5 Å². The molecule has 3 rings (SSSR count). The van der Waals surface area contributed by atoms with Gasteiger partial charge in [-0.1, -0.05) is 43.7 Å². The van der Waals surface area contributed by atoms with E-state index in [9.17, 15) is 14.4 Å². The number of carbonyl (C=O) groups is 3. The molecule has 0 saturated heterocycles. The second kappa shape index (κ2) is 9.54. The molecule has 0 saturated carbocycles. The summed E-state index contributed by atoms with van der Waals surface area (Å²) in [6.07, 6.45) is 0.841. The highest BCUT2D eigenvalue weighted by Crippen LogP contribution is 2.29. The fourth-order valence-electron chi connectivity index (χ4n) is 3.85. The van der Waals surface area contributed by atoms with E-state index in [1.807, 2.05) is 31.2 Å². The van der Waals surface area contributed by atoms with Crippen LogP contribution in [-0.2, 0) is 22.6 Å². The third kappa shape index (κ3) is 4.84. The molecule has 1 aliphatic rings. The molecule has 1 N–H and O–H groups in total. The predicted octanol–water partition coefficient (Wildman–Crippen LogP) is 2.95. The molecule has 1 aromatic carbocycles. The van der Waals surface area contributed by atoms with Crippen molar-refractivity contribution in [1.82, 2.24) is 20.0 Å². The van der Waals surface area contributed by atoms with E-state index < -0.39 is 11.5 Å². The summed E-state index contributed by atoms with van der Waals surface area (Å²) < 4.78 is 6.48. The Morgan fingerprint density at radius 3 is 2.69 bits per heavy atom. The Balaban J connectivity index is 1.97. The Kier molecular flexibility index (Phi) is 7.01. The van der Waals surface area contributed by atoms with E-state index in [1.165, 1.54) is 10.7 Å². The van der Waals surface area contributed by atoms with Gasteiger partial charge >= 0.3 is 5.97 Å². The summed E-state index contributed by atoms with van der Waals surface area (Å²) in [5.41, 5.74) is 1.18. The molecule has 0 aliphatic carbocycles. The number of aryl methyl sites for hydroxylation is 1. The minimum Gasteiger partial charge on any atom is -0.461 e. The lowest BCUT2D eigenvalue weighted by molar-refractivity contribution is -0.133. The molecule has 0 unspecified atom stereocenters. The molecule has 0 fully saturated rings. The van der Waals surface area contributed by atoms with Gasteiger partial charge in [0, 0.05) is 19.2 Å². The largest absolute Gasteiger partial charge is 0.461 e. The van der Waals surface area contributed by atoms with Gasteiger partial charge in [-0.3, -0.25) is 14.3 Å². The molecular formula is C24H32N4O4. The molecule has 1 atom stereocenters. The van der Waals surface area contributed by atoms with Crippen LogP contribution >= 0.6 is 0 Å². The number of fused-ring (bicyclic) bond motifs is 1. The number of carbonyl (C=O) groups excluding carboxylic acids is 3. The number of hydrogen-bond acceptors (Lipinski definition) is 5. The van der Waals surface area contributed by atoms with Crippen molar-refractivity contribution in [1.29, 1.82) is 0 Å². The highest BCUT2D eigenvalue weighted by molar-refractivity contribution is 6.01. The number of benzene rings is 1. The number of ether oxygens (including phenoxy) is 1. The van der Waals surface area contributed by atoms with Gasteiger partial charge in [0.1, 0.15) is 11.2 Å². The molecule has 0 radical (unpaired) electrons. The standard InChI is InChI=1S/C24H32N4O4/c1-6-32-22(30)19-13-20-21(29)27(14-18-9-7-8-17(4)12-18)24(5,15-28(20)26-19)23(31)25-11-10-16(2)3/h7-9,12-13,16H,6,10-11,14-15H2,1-5H3,(H,25,31)/t24-/m0/s1. The Hall–Kier alpha value is -3.16. The van der Waals surface area contributed by atoms with Crippen LogP contribution in [0.5, 0.6) is 0 Å². The second-order valence-electron chi connectivity index (χ2n) is 8.89. The molecule has 1 aromatic heterocycles. The first-order chi connectivity index (χ1) is 15.2. The van der Waals surface area contributed by atoms with Gasteiger partial charge < -0.3 is 15.0 Å². The Labute approximate surface area is 188 Å². The summed E-state index contributed by atoms with van der Waals surface area (Å²) in [6, 6.07) is 9.30. The zero-order chi connectivity index (χ0) is 23.5. The molecule has 2 amide bonds. The fourth-order valence-corrected chi connectivity index (χ4v) is 3.85. The van der Waals surface area contributed by atoms with Crippen molar-refractivity contribution < 1.29 is 19.1 Å². The Morgan fingerprint density at radius 1 is 1.28 bits per heavy atom. The SMILES string of the molecule is CCOC(=O)c1cc2n(n1)C[C@@](C)(C(=O)NCCC(C)C)N(Cc1cccc(C)c1)C2=O. The first-order valence-corrected chi connectivity index (χ1v) is 11.1. The Bertz CT molecular complexity index is 1010. The summed E-state index contributed by atoms with van der Waals surface area (Å²) >= 11 is 0. The van der Waals surface area contributed by atoms with Gasteiger partial charge in [-0.15, -0.1) is 0 Å². The van der Waals surface area contributed by atoms with Gasteiger partial charge in [0.25, 0.3) is 5.91 Å². The van der Waals surface area contributed by atoms with Crippen molar-refractivity contribution in [3.8, 4) is 0 Å². The third-order valence-corrected chi connectivity index (χ3v) is 5.70. The molecule has 172 valence electrons. The molecular weight excluding hydrogens is 408 g/mol. The molecule has 2 aromatic rings. The van der Waals surface area contributed by atoms with Crippen molar-refractivity contribution in [3.63, 3.8) is 0 Å².